The Morgan fingerprint density at radius 1 is 1.25 bits per heavy atom. The summed E-state index contributed by atoms with van der Waals surface area (Å²) in [6, 6.07) is 0. The van der Waals surface area contributed by atoms with E-state index in [9.17, 15) is 0 Å². The summed E-state index contributed by atoms with van der Waals surface area (Å²) in [5.41, 5.74) is 0. The minimum Gasteiger partial charge on any atom is -0.103 e. The zero-order valence-electron chi connectivity index (χ0n) is 8.39. The maximum Gasteiger partial charge on any atom is -0.0322 e. The molecule has 0 aromatic rings. The Balaban J connectivity index is 1.86. The van der Waals surface area contributed by atoms with E-state index in [2.05, 4.69) is 19.6 Å². The van der Waals surface area contributed by atoms with Gasteiger partial charge in [-0.1, -0.05) is 45.1 Å². The van der Waals surface area contributed by atoms with Gasteiger partial charge in [0.1, 0.15) is 0 Å². The lowest BCUT2D eigenvalue weighted by Crippen LogP contribution is -1.83. The molecular weight excluding hydrogens is 144 g/mol. The third kappa shape index (κ3) is 3.42. The van der Waals surface area contributed by atoms with Crippen LogP contribution in [0.25, 0.3) is 0 Å². The van der Waals surface area contributed by atoms with Gasteiger partial charge in [0.15, 0.2) is 0 Å². The second kappa shape index (κ2) is 5.40. The Morgan fingerprint density at radius 3 is 2.75 bits per heavy atom. The minimum atomic E-state index is 1.02. The van der Waals surface area contributed by atoms with Gasteiger partial charge in [0.2, 0.25) is 0 Å². The first kappa shape index (κ1) is 9.83. The van der Waals surface area contributed by atoms with Crippen LogP contribution in [-0.2, 0) is 0 Å². The van der Waals surface area contributed by atoms with Crippen LogP contribution in [0, 0.1) is 11.8 Å². The molecule has 70 valence electrons. The van der Waals surface area contributed by atoms with Gasteiger partial charge in [0, 0.05) is 0 Å². The summed E-state index contributed by atoms with van der Waals surface area (Å²) in [5, 5.41) is 0. The van der Waals surface area contributed by atoms with Crippen LogP contribution in [0.4, 0.5) is 0 Å². The van der Waals surface area contributed by atoms with E-state index in [0.29, 0.717) is 0 Å². The maximum absolute atomic E-state index is 3.78. The van der Waals surface area contributed by atoms with Gasteiger partial charge in [0.05, 0.1) is 0 Å². The van der Waals surface area contributed by atoms with Gasteiger partial charge in [-0.05, 0) is 24.7 Å². The molecule has 0 spiro atoms. The van der Waals surface area contributed by atoms with Gasteiger partial charge in [-0.2, -0.15) is 0 Å². The Labute approximate surface area is 77.1 Å². The molecule has 0 N–H and O–H groups in total. The van der Waals surface area contributed by atoms with Gasteiger partial charge in [-0.15, -0.1) is 6.58 Å². The zero-order valence-corrected chi connectivity index (χ0v) is 8.39. The summed E-state index contributed by atoms with van der Waals surface area (Å²) in [7, 11) is 0. The predicted octanol–water partition coefficient (Wildman–Crippen LogP) is 4.17. The number of unbranched alkanes of at least 4 members (excludes halogenated alkanes) is 3. The molecule has 12 heavy (non-hydrogen) atoms. The van der Waals surface area contributed by atoms with Gasteiger partial charge >= 0.3 is 0 Å². The fourth-order valence-electron chi connectivity index (χ4n) is 2.00. The molecule has 0 radical (unpaired) electrons. The molecule has 0 nitrogen and oxygen atoms in total. The highest BCUT2D eigenvalue weighted by atomic mass is 14.4. The lowest BCUT2D eigenvalue weighted by atomic mass is 10.1. The fraction of sp³-hybridized carbons (Fsp3) is 0.833. The van der Waals surface area contributed by atoms with Gasteiger partial charge in [-0.3, -0.25) is 0 Å². The van der Waals surface area contributed by atoms with Crippen molar-refractivity contribution < 1.29 is 0 Å². The molecule has 0 bridgehead atoms. The smallest absolute Gasteiger partial charge is 0.0322 e. The van der Waals surface area contributed by atoms with Crippen LogP contribution in [0.5, 0.6) is 0 Å². The first-order valence-electron chi connectivity index (χ1n) is 5.49. The highest BCUT2D eigenvalue weighted by Crippen LogP contribution is 2.44. The van der Waals surface area contributed by atoms with Crippen molar-refractivity contribution in [2.75, 3.05) is 0 Å². The lowest BCUT2D eigenvalue weighted by molar-refractivity contribution is 0.568. The van der Waals surface area contributed by atoms with E-state index in [1.54, 1.807) is 0 Å². The van der Waals surface area contributed by atoms with Crippen LogP contribution < -0.4 is 0 Å². The van der Waals surface area contributed by atoms with E-state index in [0.717, 1.165) is 11.8 Å². The summed E-state index contributed by atoms with van der Waals surface area (Å²) < 4.78 is 0. The monoisotopic (exact) mass is 166 g/mol. The molecule has 1 aliphatic carbocycles. The molecule has 1 fully saturated rings. The highest BCUT2D eigenvalue weighted by Gasteiger charge is 2.34. The van der Waals surface area contributed by atoms with Gasteiger partial charge < -0.3 is 0 Å². The third-order valence-electron chi connectivity index (χ3n) is 2.97. The molecule has 0 aromatic carbocycles. The van der Waals surface area contributed by atoms with Gasteiger partial charge in [0.25, 0.3) is 0 Å². The number of hydrogen-bond acceptors (Lipinski definition) is 0. The van der Waals surface area contributed by atoms with E-state index in [1.165, 1.54) is 44.9 Å². The van der Waals surface area contributed by atoms with Crippen molar-refractivity contribution in [1.29, 1.82) is 0 Å². The molecule has 0 heterocycles. The molecule has 1 aliphatic rings. The lowest BCUT2D eigenvalue weighted by Gasteiger charge is -1.97. The highest BCUT2D eigenvalue weighted by molar-refractivity contribution is 4.90. The third-order valence-corrected chi connectivity index (χ3v) is 2.97. The summed E-state index contributed by atoms with van der Waals surface area (Å²) >= 11 is 0. The van der Waals surface area contributed by atoms with E-state index >= 15 is 0 Å². The summed E-state index contributed by atoms with van der Waals surface area (Å²) in [6.07, 6.45) is 12.0. The van der Waals surface area contributed by atoms with Crippen molar-refractivity contribution >= 4 is 0 Å². The average molecular weight is 166 g/mol. The molecule has 1 rings (SSSR count). The van der Waals surface area contributed by atoms with Crippen molar-refractivity contribution in [1.82, 2.24) is 0 Å². The first-order valence-corrected chi connectivity index (χ1v) is 5.49. The Bertz CT molecular complexity index is 126. The largest absolute Gasteiger partial charge is 0.103 e. The van der Waals surface area contributed by atoms with Crippen molar-refractivity contribution in [2.24, 2.45) is 11.8 Å². The van der Waals surface area contributed by atoms with E-state index in [1.807, 2.05) is 0 Å². The van der Waals surface area contributed by atoms with Crippen molar-refractivity contribution in [3.8, 4) is 0 Å². The second-order valence-corrected chi connectivity index (χ2v) is 4.13. The molecule has 0 unspecified atom stereocenters. The number of allylic oxidation sites excluding steroid dienone is 1. The van der Waals surface area contributed by atoms with E-state index in [-0.39, 0.29) is 0 Å². The van der Waals surface area contributed by atoms with Crippen LogP contribution in [0.15, 0.2) is 12.7 Å². The van der Waals surface area contributed by atoms with Crippen molar-refractivity contribution in [2.45, 2.75) is 51.9 Å². The maximum atomic E-state index is 3.78. The van der Waals surface area contributed by atoms with Crippen LogP contribution in [0.2, 0.25) is 0 Å². The summed E-state index contributed by atoms with van der Waals surface area (Å²) in [4.78, 5) is 0. The van der Waals surface area contributed by atoms with E-state index in [4.69, 9.17) is 0 Å². The fourth-order valence-corrected chi connectivity index (χ4v) is 2.00. The molecule has 1 saturated carbocycles. The standard InChI is InChI=1S/C12H22/c1-3-5-6-7-9-12-10-11(12)8-4-2/h4,11-12H,2-3,5-10H2,1H3/t11-,12-/m0/s1. The molecule has 0 heteroatoms. The summed E-state index contributed by atoms with van der Waals surface area (Å²) in [5.74, 6) is 2.09. The Hall–Kier alpha value is -0.260. The normalized spacial score (nSPS) is 27.1. The van der Waals surface area contributed by atoms with E-state index < -0.39 is 0 Å². The zero-order chi connectivity index (χ0) is 8.81. The van der Waals surface area contributed by atoms with Crippen LogP contribution >= 0.6 is 0 Å². The molecule has 2 atom stereocenters. The predicted molar refractivity (Wildman–Crippen MR) is 55.2 cm³/mol. The number of hydrogen-bond donors (Lipinski definition) is 0. The topological polar surface area (TPSA) is 0 Å². The van der Waals surface area contributed by atoms with Crippen LogP contribution in [0.1, 0.15) is 51.9 Å². The van der Waals surface area contributed by atoms with Gasteiger partial charge in [-0.25, -0.2) is 0 Å². The molecule has 0 saturated heterocycles. The Morgan fingerprint density at radius 2 is 2.08 bits per heavy atom. The minimum absolute atomic E-state index is 1.02. The van der Waals surface area contributed by atoms with Crippen molar-refractivity contribution in [3.05, 3.63) is 12.7 Å². The molecule has 0 aliphatic heterocycles. The van der Waals surface area contributed by atoms with Crippen LogP contribution in [0.3, 0.4) is 0 Å². The molecule has 0 aromatic heterocycles. The first-order chi connectivity index (χ1) is 5.88. The summed E-state index contributed by atoms with van der Waals surface area (Å²) in [6.45, 7) is 6.06. The van der Waals surface area contributed by atoms with Crippen LogP contribution in [-0.4, -0.2) is 0 Å². The molecule has 0 amide bonds. The SMILES string of the molecule is C=CC[C@H]1C[C@@H]1CCCCCC. The average Bonchev–Trinajstić information content (AvgIpc) is 2.79. The number of rotatable bonds is 7. The quantitative estimate of drug-likeness (QED) is 0.393. The van der Waals surface area contributed by atoms with Crippen molar-refractivity contribution in [3.63, 3.8) is 0 Å². The second-order valence-electron chi connectivity index (χ2n) is 4.13. The Kier molecular flexibility index (Phi) is 4.42. The molecular formula is C12H22.